The standard InChI is InChI=1S/C25H31F3N4O2/c1-16-5-4-12-31(16)19-10-13-30(14-11-19)24(33)22-17(2)29-32(23(22)18-8-9-18)20-6-3-7-21(15-20)34-25(26,27)28/h3,6-7,15-16,18-19H,4-5,8-14H2,1-2H3. The topological polar surface area (TPSA) is 50.6 Å². The van der Waals surface area contributed by atoms with Gasteiger partial charge in [-0.25, -0.2) is 4.68 Å². The molecule has 184 valence electrons. The van der Waals surface area contributed by atoms with Crippen molar-refractivity contribution in [2.24, 2.45) is 0 Å². The van der Waals surface area contributed by atoms with Crippen LogP contribution in [0.4, 0.5) is 13.2 Å². The maximum Gasteiger partial charge on any atom is 0.573 e. The minimum absolute atomic E-state index is 0.0127. The van der Waals surface area contributed by atoms with Crippen LogP contribution in [0.3, 0.4) is 0 Å². The smallest absolute Gasteiger partial charge is 0.406 e. The number of piperidine rings is 1. The fourth-order valence-corrected chi connectivity index (χ4v) is 5.61. The molecule has 2 aliphatic heterocycles. The largest absolute Gasteiger partial charge is 0.573 e. The molecule has 1 aliphatic carbocycles. The van der Waals surface area contributed by atoms with Crippen molar-refractivity contribution in [3.05, 3.63) is 41.2 Å². The molecule has 3 heterocycles. The Morgan fingerprint density at radius 1 is 1.09 bits per heavy atom. The molecule has 5 rings (SSSR count). The lowest BCUT2D eigenvalue weighted by molar-refractivity contribution is -0.274. The number of ether oxygens (including phenoxy) is 1. The summed E-state index contributed by atoms with van der Waals surface area (Å²) in [6.45, 7) is 6.69. The number of rotatable bonds is 5. The van der Waals surface area contributed by atoms with Crippen LogP contribution in [0.1, 0.15) is 73.1 Å². The second-order valence-electron chi connectivity index (χ2n) is 9.83. The van der Waals surface area contributed by atoms with E-state index >= 15 is 0 Å². The van der Waals surface area contributed by atoms with Crippen LogP contribution in [0.2, 0.25) is 0 Å². The number of halogens is 3. The lowest BCUT2D eigenvalue weighted by Gasteiger charge is -2.38. The summed E-state index contributed by atoms with van der Waals surface area (Å²) in [5.74, 6) is -0.123. The third-order valence-electron chi connectivity index (χ3n) is 7.39. The molecule has 9 heteroatoms. The third-order valence-corrected chi connectivity index (χ3v) is 7.39. The highest BCUT2D eigenvalue weighted by Gasteiger charge is 2.38. The van der Waals surface area contributed by atoms with Crippen molar-refractivity contribution >= 4 is 5.91 Å². The van der Waals surface area contributed by atoms with Gasteiger partial charge >= 0.3 is 6.36 Å². The van der Waals surface area contributed by atoms with Gasteiger partial charge in [0.1, 0.15) is 5.75 Å². The molecule has 2 aromatic rings. The Kier molecular flexibility index (Phi) is 6.08. The summed E-state index contributed by atoms with van der Waals surface area (Å²) in [5, 5.41) is 4.61. The van der Waals surface area contributed by atoms with E-state index in [2.05, 4.69) is 21.7 Å². The maximum atomic E-state index is 13.7. The molecule has 1 amide bonds. The number of aryl methyl sites for hydroxylation is 1. The number of carbonyl (C=O) groups is 1. The van der Waals surface area contributed by atoms with E-state index in [-0.39, 0.29) is 17.6 Å². The number of aromatic nitrogens is 2. The fourth-order valence-electron chi connectivity index (χ4n) is 5.61. The normalized spacial score (nSPS) is 22.4. The summed E-state index contributed by atoms with van der Waals surface area (Å²) in [7, 11) is 0. The molecule has 2 saturated heterocycles. The van der Waals surface area contributed by atoms with Gasteiger partial charge in [0.05, 0.1) is 22.6 Å². The van der Waals surface area contributed by atoms with E-state index in [1.807, 2.05) is 11.8 Å². The van der Waals surface area contributed by atoms with Gasteiger partial charge in [-0.2, -0.15) is 5.10 Å². The van der Waals surface area contributed by atoms with E-state index in [1.54, 1.807) is 10.7 Å². The molecule has 0 spiro atoms. The van der Waals surface area contributed by atoms with Gasteiger partial charge in [-0.05, 0) is 71.0 Å². The molecule has 3 fully saturated rings. The Hall–Kier alpha value is -2.55. The zero-order chi connectivity index (χ0) is 24.0. The summed E-state index contributed by atoms with van der Waals surface area (Å²) in [6, 6.07) is 6.94. The van der Waals surface area contributed by atoms with Crippen molar-refractivity contribution in [1.29, 1.82) is 0 Å². The zero-order valence-corrected chi connectivity index (χ0v) is 19.6. The zero-order valence-electron chi connectivity index (χ0n) is 19.6. The van der Waals surface area contributed by atoms with E-state index in [0.717, 1.165) is 51.0 Å². The number of likely N-dealkylation sites (tertiary alicyclic amines) is 2. The molecule has 0 bridgehead atoms. The van der Waals surface area contributed by atoms with Gasteiger partial charge in [-0.1, -0.05) is 6.07 Å². The number of nitrogens with zero attached hydrogens (tertiary/aromatic N) is 4. The van der Waals surface area contributed by atoms with Crippen molar-refractivity contribution in [2.45, 2.75) is 76.7 Å². The first-order chi connectivity index (χ1) is 16.2. The van der Waals surface area contributed by atoms with E-state index in [4.69, 9.17) is 0 Å². The van der Waals surface area contributed by atoms with Crippen LogP contribution >= 0.6 is 0 Å². The lowest BCUT2D eigenvalue weighted by Crippen LogP contribution is -2.47. The van der Waals surface area contributed by atoms with Gasteiger partial charge in [-0.15, -0.1) is 13.2 Å². The van der Waals surface area contributed by atoms with Crippen molar-refractivity contribution in [3.8, 4) is 11.4 Å². The molecule has 1 unspecified atom stereocenters. The molecule has 3 aliphatic rings. The van der Waals surface area contributed by atoms with Crippen LogP contribution in [0.25, 0.3) is 5.69 Å². The Morgan fingerprint density at radius 2 is 1.82 bits per heavy atom. The molecule has 1 aromatic heterocycles. The highest BCUT2D eigenvalue weighted by molar-refractivity contribution is 5.97. The first-order valence-corrected chi connectivity index (χ1v) is 12.2. The molecular weight excluding hydrogens is 445 g/mol. The van der Waals surface area contributed by atoms with Gasteiger partial charge in [0.15, 0.2) is 0 Å². The second-order valence-corrected chi connectivity index (χ2v) is 9.83. The summed E-state index contributed by atoms with van der Waals surface area (Å²) < 4.78 is 43.9. The van der Waals surface area contributed by atoms with Gasteiger partial charge in [0.25, 0.3) is 5.91 Å². The van der Waals surface area contributed by atoms with E-state index in [1.165, 1.54) is 31.0 Å². The highest BCUT2D eigenvalue weighted by atomic mass is 19.4. The molecule has 1 atom stereocenters. The second kappa shape index (κ2) is 8.91. The van der Waals surface area contributed by atoms with Crippen LogP contribution < -0.4 is 4.74 Å². The number of amides is 1. The lowest BCUT2D eigenvalue weighted by atomic mass is 10.0. The molecule has 1 aromatic carbocycles. The van der Waals surface area contributed by atoms with E-state index < -0.39 is 6.36 Å². The monoisotopic (exact) mass is 476 g/mol. The summed E-state index contributed by atoms with van der Waals surface area (Å²) in [4.78, 5) is 18.2. The molecule has 1 saturated carbocycles. The van der Waals surface area contributed by atoms with Crippen molar-refractivity contribution < 1.29 is 22.7 Å². The number of alkyl halides is 3. The Labute approximate surface area is 197 Å². The van der Waals surface area contributed by atoms with Gasteiger partial charge < -0.3 is 9.64 Å². The fraction of sp³-hybridized carbons (Fsp3) is 0.600. The number of carbonyl (C=O) groups excluding carboxylic acids is 1. The summed E-state index contributed by atoms with van der Waals surface area (Å²) in [6.07, 6.45) is 1.56. The van der Waals surface area contributed by atoms with Crippen LogP contribution in [-0.2, 0) is 0 Å². The average molecular weight is 477 g/mol. The number of hydrogen-bond acceptors (Lipinski definition) is 4. The van der Waals surface area contributed by atoms with Crippen LogP contribution in [0, 0.1) is 6.92 Å². The Morgan fingerprint density at radius 3 is 2.44 bits per heavy atom. The van der Waals surface area contributed by atoms with Crippen molar-refractivity contribution in [1.82, 2.24) is 19.6 Å². The Bertz CT molecular complexity index is 1050. The van der Waals surface area contributed by atoms with Crippen LogP contribution in [-0.4, -0.2) is 63.6 Å². The van der Waals surface area contributed by atoms with E-state index in [0.29, 0.717) is 29.0 Å². The SMILES string of the molecule is Cc1nn(-c2cccc(OC(F)(F)F)c2)c(C2CC2)c1C(=O)N1CCC(N2CCCC2C)CC1. The molecular formula is C25H31F3N4O2. The molecule has 34 heavy (non-hydrogen) atoms. The third kappa shape index (κ3) is 4.67. The molecule has 0 radical (unpaired) electrons. The number of benzene rings is 1. The number of hydrogen-bond donors (Lipinski definition) is 0. The average Bonchev–Trinajstić information content (AvgIpc) is 3.45. The van der Waals surface area contributed by atoms with Crippen molar-refractivity contribution in [2.75, 3.05) is 19.6 Å². The highest BCUT2D eigenvalue weighted by Crippen LogP contribution is 2.44. The van der Waals surface area contributed by atoms with Crippen molar-refractivity contribution in [3.63, 3.8) is 0 Å². The summed E-state index contributed by atoms with van der Waals surface area (Å²) >= 11 is 0. The molecule has 0 N–H and O–H groups in total. The molecule has 6 nitrogen and oxygen atoms in total. The first-order valence-electron chi connectivity index (χ1n) is 12.2. The van der Waals surface area contributed by atoms with Gasteiger partial charge in [0, 0.05) is 37.2 Å². The van der Waals surface area contributed by atoms with Gasteiger partial charge in [-0.3, -0.25) is 9.69 Å². The quantitative estimate of drug-likeness (QED) is 0.606. The maximum absolute atomic E-state index is 13.7. The van der Waals surface area contributed by atoms with E-state index in [9.17, 15) is 18.0 Å². The predicted molar refractivity (Wildman–Crippen MR) is 121 cm³/mol. The van der Waals surface area contributed by atoms with Gasteiger partial charge in [0.2, 0.25) is 0 Å². The first kappa shape index (κ1) is 23.2. The predicted octanol–water partition coefficient (Wildman–Crippen LogP) is 5.05. The Balaban J connectivity index is 1.38. The summed E-state index contributed by atoms with van der Waals surface area (Å²) in [5.41, 5.74) is 2.50. The van der Waals surface area contributed by atoms with Crippen LogP contribution in [0.15, 0.2) is 24.3 Å². The minimum atomic E-state index is -4.77. The van der Waals surface area contributed by atoms with Crippen LogP contribution in [0.5, 0.6) is 5.75 Å². The minimum Gasteiger partial charge on any atom is -0.406 e.